The van der Waals surface area contributed by atoms with Crippen LogP contribution in [0, 0.1) is 17.8 Å². The Morgan fingerprint density at radius 2 is 1.95 bits per heavy atom. The van der Waals surface area contributed by atoms with Gasteiger partial charge < -0.3 is 5.32 Å². The first-order chi connectivity index (χ1) is 9.47. The molecule has 1 saturated carbocycles. The minimum absolute atomic E-state index is 0.107. The van der Waals surface area contributed by atoms with Crippen LogP contribution in [-0.2, 0) is 14.4 Å². The monoisotopic (exact) mass is 281 g/mol. The smallest absolute Gasteiger partial charge is 0.223 e. The van der Waals surface area contributed by atoms with Gasteiger partial charge in [-0.25, -0.2) is 0 Å². The number of carbonyl (C=O) groups is 3. The molecule has 1 N–H and O–H groups in total. The third-order valence-corrected chi connectivity index (χ3v) is 4.47. The second-order valence-corrected chi connectivity index (χ2v) is 6.26. The van der Waals surface area contributed by atoms with Gasteiger partial charge in [-0.3, -0.25) is 14.4 Å². The average molecular weight is 281 g/mol. The highest BCUT2D eigenvalue weighted by Crippen LogP contribution is 2.30. The van der Waals surface area contributed by atoms with Crippen LogP contribution >= 0.6 is 0 Å². The van der Waals surface area contributed by atoms with Crippen LogP contribution in [0.3, 0.4) is 0 Å². The van der Waals surface area contributed by atoms with Crippen LogP contribution in [0.4, 0.5) is 0 Å². The fraction of sp³-hybridized carbons (Fsp3) is 0.812. The van der Waals surface area contributed by atoms with E-state index in [0.29, 0.717) is 24.5 Å². The zero-order valence-electron chi connectivity index (χ0n) is 12.9. The first kappa shape index (κ1) is 16.9. The molecule has 0 spiro atoms. The average Bonchev–Trinajstić information content (AvgIpc) is 2.39. The van der Waals surface area contributed by atoms with E-state index in [1.54, 1.807) is 0 Å². The molecule has 4 nitrogen and oxygen atoms in total. The molecule has 0 bridgehead atoms. The van der Waals surface area contributed by atoms with E-state index in [0.717, 1.165) is 25.7 Å². The number of hydrogen-bond donors (Lipinski definition) is 1. The lowest BCUT2D eigenvalue weighted by atomic mass is 9.80. The number of Topliss-reactive ketones (excluding diaryl/α,β-unsaturated/α-hetero) is 1. The Labute approximate surface area is 121 Å². The van der Waals surface area contributed by atoms with Crippen molar-refractivity contribution in [3.63, 3.8) is 0 Å². The normalized spacial score (nSPS) is 19.6. The van der Waals surface area contributed by atoms with Crippen LogP contribution in [0.15, 0.2) is 0 Å². The zero-order chi connectivity index (χ0) is 15.1. The van der Waals surface area contributed by atoms with Gasteiger partial charge in [0, 0.05) is 5.92 Å². The summed E-state index contributed by atoms with van der Waals surface area (Å²) in [6, 6.07) is -0.621. The molecule has 0 aromatic rings. The van der Waals surface area contributed by atoms with Crippen molar-refractivity contribution in [3.8, 4) is 0 Å². The summed E-state index contributed by atoms with van der Waals surface area (Å²) in [7, 11) is 0. The second kappa shape index (κ2) is 8.18. The lowest BCUT2D eigenvalue weighted by Crippen LogP contribution is -2.45. The van der Waals surface area contributed by atoms with Crippen LogP contribution < -0.4 is 5.32 Å². The first-order valence-corrected chi connectivity index (χ1v) is 7.77. The Balaban J connectivity index is 2.51. The zero-order valence-corrected chi connectivity index (χ0v) is 12.9. The van der Waals surface area contributed by atoms with Gasteiger partial charge >= 0.3 is 0 Å². The molecular weight excluding hydrogens is 254 g/mol. The van der Waals surface area contributed by atoms with Gasteiger partial charge in [0.05, 0.1) is 6.04 Å². The summed E-state index contributed by atoms with van der Waals surface area (Å²) in [5.41, 5.74) is 0. The number of nitrogens with one attached hydrogen (secondary N) is 1. The Kier molecular flexibility index (Phi) is 6.89. The van der Waals surface area contributed by atoms with Gasteiger partial charge in [-0.2, -0.15) is 0 Å². The molecule has 0 radical (unpaired) electrons. The van der Waals surface area contributed by atoms with Gasteiger partial charge in [0.15, 0.2) is 6.29 Å². The molecule has 20 heavy (non-hydrogen) atoms. The summed E-state index contributed by atoms with van der Waals surface area (Å²) >= 11 is 0. The van der Waals surface area contributed by atoms with Crippen molar-refractivity contribution < 1.29 is 14.4 Å². The minimum atomic E-state index is -0.621. The molecule has 0 heterocycles. The topological polar surface area (TPSA) is 63.2 Å². The number of rotatable bonds is 9. The van der Waals surface area contributed by atoms with E-state index in [4.69, 9.17) is 0 Å². The molecule has 0 saturated heterocycles. The second-order valence-electron chi connectivity index (χ2n) is 6.26. The van der Waals surface area contributed by atoms with Gasteiger partial charge in [-0.05, 0) is 24.7 Å². The molecule has 0 aliphatic heterocycles. The maximum atomic E-state index is 12.1. The molecule has 1 aliphatic carbocycles. The van der Waals surface area contributed by atoms with Crippen molar-refractivity contribution in [1.29, 1.82) is 0 Å². The van der Waals surface area contributed by atoms with E-state index in [1.807, 2.05) is 6.92 Å². The molecule has 1 fully saturated rings. The minimum Gasteiger partial charge on any atom is -0.346 e. The Bertz CT molecular complexity index is 350. The molecule has 1 rings (SSSR count). The quantitative estimate of drug-likeness (QED) is 0.521. The molecule has 2 unspecified atom stereocenters. The van der Waals surface area contributed by atoms with Crippen LogP contribution in [-0.4, -0.2) is 24.0 Å². The molecule has 4 heteroatoms. The highest BCUT2D eigenvalue weighted by atomic mass is 16.2. The molecule has 0 aromatic carbocycles. The molecular formula is C16H27NO3. The largest absolute Gasteiger partial charge is 0.346 e. The van der Waals surface area contributed by atoms with E-state index in [2.05, 4.69) is 19.2 Å². The maximum absolute atomic E-state index is 12.1. The van der Waals surface area contributed by atoms with E-state index < -0.39 is 11.8 Å². The van der Waals surface area contributed by atoms with Gasteiger partial charge in [0.25, 0.3) is 0 Å². The van der Waals surface area contributed by atoms with Crippen molar-refractivity contribution in [2.24, 2.45) is 17.8 Å². The SMILES string of the molecule is CC[C@H](C)CC(C)C(=O)NC(CC1CCC1)C(=O)C=O. The van der Waals surface area contributed by atoms with Gasteiger partial charge in [-0.1, -0.05) is 46.5 Å². The number of carbonyl (C=O) groups excluding carboxylic acids is 3. The van der Waals surface area contributed by atoms with Crippen molar-refractivity contribution in [3.05, 3.63) is 0 Å². The molecule has 1 aliphatic rings. The molecule has 114 valence electrons. The summed E-state index contributed by atoms with van der Waals surface area (Å²) < 4.78 is 0. The third-order valence-electron chi connectivity index (χ3n) is 4.47. The van der Waals surface area contributed by atoms with Gasteiger partial charge in [-0.15, -0.1) is 0 Å². The fourth-order valence-electron chi connectivity index (χ4n) is 2.58. The van der Waals surface area contributed by atoms with E-state index in [-0.39, 0.29) is 11.8 Å². The first-order valence-electron chi connectivity index (χ1n) is 7.77. The fourth-order valence-corrected chi connectivity index (χ4v) is 2.58. The summed E-state index contributed by atoms with van der Waals surface area (Å²) in [4.78, 5) is 34.5. The lowest BCUT2D eigenvalue weighted by molar-refractivity contribution is -0.134. The number of amides is 1. The summed E-state index contributed by atoms with van der Waals surface area (Å²) in [6.45, 7) is 6.10. The highest BCUT2D eigenvalue weighted by molar-refractivity contribution is 6.27. The number of hydrogen-bond acceptors (Lipinski definition) is 3. The summed E-state index contributed by atoms with van der Waals surface area (Å²) in [5.74, 6) is 0.246. The van der Waals surface area contributed by atoms with Crippen molar-refractivity contribution >= 4 is 18.0 Å². The summed E-state index contributed by atoms with van der Waals surface area (Å²) in [5, 5.41) is 2.78. The predicted octanol–water partition coefficient (Wildman–Crippen LogP) is 2.50. The third kappa shape index (κ3) is 5.06. The van der Waals surface area contributed by atoms with E-state index in [1.165, 1.54) is 6.42 Å². The number of aldehydes is 1. The lowest BCUT2D eigenvalue weighted by Gasteiger charge is -2.29. The molecule has 3 atom stereocenters. The molecule has 0 aromatic heterocycles. The van der Waals surface area contributed by atoms with Crippen molar-refractivity contribution in [2.45, 2.75) is 65.3 Å². The van der Waals surface area contributed by atoms with Crippen LogP contribution in [0.5, 0.6) is 0 Å². The van der Waals surface area contributed by atoms with Crippen molar-refractivity contribution in [2.75, 3.05) is 0 Å². The standard InChI is InChI=1S/C16H27NO3/c1-4-11(2)8-12(3)16(20)17-14(15(19)10-18)9-13-6-5-7-13/h10-14H,4-9H2,1-3H3,(H,17,20)/t11-,12?,14?/m0/s1. The van der Waals surface area contributed by atoms with Crippen LogP contribution in [0.1, 0.15) is 59.3 Å². The number of ketones is 1. The van der Waals surface area contributed by atoms with E-state index in [9.17, 15) is 14.4 Å². The molecule has 1 amide bonds. The Morgan fingerprint density at radius 1 is 1.30 bits per heavy atom. The van der Waals surface area contributed by atoms with Gasteiger partial charge in [0.2, 0.25) is 11.7 Å². The van der Waals surface area contributed by atoms with E-state index >= 15 is 0 Å². The Hall–Kier alpha value is -1.19. The maximum Gasteiger partial charge on any atom is 0.223 e. The predicted molar refractivity (Wildman–Crippen MR) is 78.2 cm³/mol. The van der Waals surface area contributed by atoms with Gasteiger partial charge in [0.1, 0.15) is 0 Å². The van der Waals surface area contributed by atoms with Crippen LogP contribution in [0.25, 0.3) is 0 Å². The Morgan fingerprint density at radius 3 is 2.40 bits per heavy atom. The summed E-state index contributed by atoms with van der Waals surface area (Å²) in [6.07, 6.45) is 6.18. The van der Waals surface area contributed by atoms with Crippen LogP contribution in [0.2, 0.25) is 0 Å². The highest BCUT2D eigenvalue weighted by Gasteiger charge is 2.28. The van der Waals surface area contributed by atoms with Crippen molar-refractivity contribution in [1.82, 2.24) is 5.32 Å².